The fourth-order valence-electron chi connectivity index (χ4n) is 3.06. The highest BCUT2D eigenvalue weighted by Crippen LogP contribution is 2.24. The monoisotopic (exact) mass is 400 g/mol. The van der Waals surface area contributed by atoms with Crippen molar-refractivity contribution in [1.29, 1.82) is 0 Å². The number of anilines is 1. The molecule has 0 aromatic heterocycles. The molecule has 3 rings (SSSR count). The smallest absolute Gasteiger partial charge is 0.254 e. The Morgan fingerprint density at radius 1 is 1.04 bits per heavy atom. The third kappa shape index (κ3) is 3.47. The first-order valence-corrected chi connectivity index (χ1v) is 9.13. The highest BCUT2D eigenvalue weighted by atomic mass is 79.9. The summed E-state index contributed by atoms with van der Waals surface area (Å²) in [6, 6.07) is 12.8. The lowest BCUT2D eigenvalue weighted by Gasteiger charge is -2.39. The molecule has 130 valence electrons. The predicted octanol–water partition coefficient (Wildman–Crippen LogP) is 3.94. The van der Waals surface area contributed by atoms with Crippen LogP contribution in [0, 0.1) is 13.8 Å². The summed E-state index contributed by atoms with van der Waals surface area (Å²) in [7, 11) is 0. The molecule has 1 aliphatic heterocycles. The average molecular weight is 401 g/mol. The molecule has 0 N–H and O–H groups in total. The number of halogens is 1. The lowest BCUT2D eigenvalue weighted by Crippen LogP contribution is -2.57. The first-order valence-electron chi connectivity index (χ1n) is 8.33. The maximum Gasteiger partial charge on any atom is 0.254 e. The topological polar surface area (TPSA) is 40.6 Å². The van der Waals surface area contributed by atoms with E-state index in [9.17, 15) is 9.59 Å². The minimum Gasteiger partial charge on any atom is -0.325 e. The van der Waals surface area contributed by atoms with E-state index in [1.165, 1.54) is 5.56 Å². The zero-order valence-corrected chi connectivity index (χ0v) is 16.2. The third-order valence-corrected chi connectivity index (χ3v) is 5.34. The van der Waals surface area contributed by atoms with Crippen LogP contribution in [-0.2, 0) is 4.79 Å². The van der Waals surface area contributed by atoms with Crippen LogP contribution in [0.3, 0.4) is 0 Å². The second-order valence-electron chi connectivity index (χ2n) is 6.44. The van der Waals surface area contributed by atoms with Crippen LogP contribution in [0.2, 0.25) is 0 Å². The van der Waals surface area contributed by atoms with Crippen LogP contribution in [0.4, 0.5) is 5.69 Å². The van der Waals surface area contributed by atoms with Crippen molar-refractivity contribution in [3.8, 4) is 0 Å². The van der Waals surface area contributed by atoms with Crippen molar-refractivity contribution in [1.82, 2.24) is 4.90 Å². The number of piperazine rings is 1. The van der Waals surface area contributed by atoms with Crippen molar-refractivity contribution >= 4 is 33.4 Å². The molecule has 1 atom stereocenters. The van der Waals surface area contributed by atoms with Gasteiger partial charge in [0.2, 0.25) is 5.91 Å². The van der Waals surface area contributed by atoms with Crippen molar-refractivity contribution in [2.75, 3.05) is 18.0 Å². The van der Waals surface area contributed by atoms with E-state index in [0.29, 0.717) is 18.7 Å². The maximum absolute atomic E-state index is 12.8. The van der Waals surface area contributed by atoms with Crippen molar-refractivity contribution in [3.63, 3.8) is 0 Å². The zero-order chi connectivity index (χ0) is 18.1. The number of rotatable bonds is 2. The van der Waals surface area contributed by atoms with Gasteiger partial charge >= 0.3 is 0 Å². The van der Waals surface area contributed by atoms with E-state index in [4.69, 9.17) is 0 Å². The normalized spacial score (nSPS) is 17.8. The van der Waals surface area contributed by atoms with Gasteiger partial charge in [0.25, 0.3) is 5.91 Å². The van der Waals surface area contributed by atoms with E-state index in [0.717, 1.165) is 15.7 Å². The first kappa shape index (κ1) is 17.7. The van der Waals surface area contributed by atoms with Crippen LogP contribution in [0.5, 0.6) is 0 Å². The summed E-state index contributed by atoms with van der Waals surface area (Å²) in [4.78, 5) is 29.0. The molecule has 5 heteroatoms. The summed E-state index contributed by atoms with van der Waals surface area (Å²) in [5.74, 6) is -0.145. The van der Waals surface area contributed by atoms with Crippen molar-refractivity contribution in [3.05, 3.63) is 63.6 Å². The third-order valence-electron chi connectivity index (χ3n) is 4.81. The van der Waals surface area contributed by atoms with Gasteiger partial charge in [0, 0.05) is 28.8 Å². The molecule has 2 aromatic carbocycles. The number of hydrogen-bond donors (Lipinski definition) is 0. The predicted molar refractivity (Wildman–Crippen MR) is 103 cm³/mol. The van der Waals surface area contributed by atoms with E-state index in [1.807, 2.05) is 37.3 Å². The fourth-order valence-corrected chi connectivity index (χ4v) is 3.32. The molecule has 0 spiro atoms. The molecule has 1 unspecified atom stereocenters. The average Bonchev–Trinajstić information content (AvgIpc) is 2.60. The molecule has 0 radical (unpaired) electrons. The van der Waals surface area contributed by atoms with Crippen LogP contribution in [0.15, 0.2) is 46.9 Å². The summed E-state index contributed by atoms with van der Waals surface area (Å²) in [5, 5.41) is 0. The highest BCUT2D eigenvalue weighted by Gasteiger charge is 2.35. The minimum atomic E-state index is -0.480. The van der Waals surface area contributed by atoms with E-state index in [1.54, 1.807) is 28.9 Å². The molecular formula is C20H21BrN2O2. The Labute approximate surface area is 156 Å². The van der Waals surface area contributed by atoms with Gasteiger partial charge in [0.1, 0.15) is 6.04 Å². The Hall–Kier alpha value is -2.14. The largest absolute Gasteiger partial charge is 0.325 e. The van der Waals surface area contributed by atoms with Crippen molar-refractivity contribution < 1.29 is 9.59 Å². The molecular weight excluding hydrogens is 380 g/mol. The molecule has 0 saturated carbocycles. The molecule has 1 fully saturated rings. The van der Waals surface area contributed by atoms with Gasteiger partial charge in [0.15, 0.2) is 0 Å². The highest BCUT2D eigenvalue weighted by molar-refractivity contribution is 9.10. The van der Waals surface area contributed by atoms with E-state index < -0.39 is 6.04 Å². The molecule has 25 heavy (non-hydrogen) atoms. The van der Waals surface area contributed by atoms with Crippen molar-refractivity contribution in [2.45, 2.75) is 26.8 Å². The molecule has 2 amide bonds. The summed E-state index contributed by atoms with van der Waals surface area (Å²) in [5.41, 5.74) is 3.86. The Morgan fingerprint density at radius 2 is 1.72 bits per heavy atom. The van der Waals surface area contributed by atoms with Crippen LogP contribution in [0.1, 0.15) is 28.4 Å². The summed E-state index contributed by atoms with van der Waals surface area (Å²) in [6.45, 7) is 6.92. The molecule has 1 saturated heterocycles. The van der Waals surface area contributed by atoms with E-state index in [-0.39, 0.29) is 11.8 Å². The SMILES string of the molecule is Cc1ccc(N2CCN(C(=O)c3ccc(Br)cc3)C(C)C2=O)cc1C. The number of hydrogen-bond acceptors (Lipinski definition) is 2. The molecule has 4 nitrogen and oxygen atoms in total. The first-order chi connectivity index (χ1) is 11.9. The van der Waals surface area contributed by atoms with Crippen LogP contribution < -0.4 is 4.90 Å². The van der Waals surface area contributed by atoms with Gasteiger partial charge in [-0.05, 0) is 68.3 Å². The Kier molecular flexibility index (Phi) is 4.95. The van der Waals surface area contributed by atoms with E-state index in [2.05, 4.69) is 22.9 Å². The van der Waals surface area contributed by atoms with Gasteiger partial charge in [-0.15, -0.1) is 0 Å². The summed E-state index contributed by atoms with van der Waals surface area (Å²) in [6.07, 6.45) is 0. The second kappa shape index (κ2) is 7.00. The number of nitrogens with zero attached hydrogens (tertiary/aromatic N) is 2. The number of amides is 2. The fraction of sp³-hybridized carbons (Fsp3) is 0.300. The van der Waals surface area contributed by atoms with Crippen LogP contribution >= 0.6 is 15.9 Å². The van der Waals surface area contributed by atoms with Crippen LogP contribution in [-0.4, -0.2) is 35.8 Å². The standard InChI is InChI=1S/C20H21BrN2O2/c1-13-4-9-18(12-14(13)2)23-11-10-22(15(3)19(23)24)20(25)16-5-7-17(21)8-6-16/h4-9,12,15H,10-11H2,1-3H3. The van der Waals surface area contributed by atoms with Gasteiger partial charge < -0.3 is 9.80 Å². The number of aryl methyl sites for hydroxylation is 2. The minimum absolute atomic E-state index is 0.0417. The molecule has 2 aromatic rings. The molecule has 1 aliphatic rings. The number of carbonyl (C=O) groups is 2. The second-order valence-corrected chi connectivity index (χ2v) is 7.36. The Balaban J connectivity index is 1.80. The maximum atomic E-state index is 12.8. The zero-order valence-electron chi connectivity index (χ0n) is 14.6. The van der Waals surface area contributed by atoms with Crippen LogP contribution in [0.25, 0.3) is 0 Å². The molecule has 0 bridgehead atoms. The molecule has 1 heterocycles. The Bertz CT molecular complexity index is 817. The Morgan fingerprint density at radius 3 is 2.36 bits per heavy atom. The van der Waals surface area contributed by atoms with Crippen molar-refractivity contribution in [2.24, 2.45) is 0 Å². The lowest BCUT2D eigenvalue weighted by atomic mass is 10.1. The number of carbonyl (C=O) groups excluding carboxylic acids is 2. The lowest BCUT2D eigenvalue weighted by molar-refractivity contribution is -0.124. The summed E-state index contributed by atoms with van der Waals surface area (Å²) >= 11 is 3.37. The van der Waals surface area contributed by atoms with Gasteiger partial charge in [-0.2, -0.15) is 0 Å². The van der Waals surface area contributed by atoms with Gasteiger partial charge in [-0.3, -0.25) is 9.59 Å². The molecule has 0 aliphatic carbocycles. The quantitative estimate of drug-likeness (QED) is 0.765. The van der Waals surface area contributed by atoms with Gasteiger partial charge in [0.05, 0.1) is 0 Å². The van der Waals surface area contributed by atoms with Gasteiger partial charge in [-0.1, -0.05) is 22.0 Å². The number of benzene rings is 2. The van der Waals surface area contributed by atoms with Gasteiger partial charge in [-0.25, -0.2) is 0 Å². The summed E-state index contributed by atoms with van der Waals surface area (Å²) < 4.78 is 0.924. The van der Waals surface area contributed by atoms with E-state index >= 15 is 0 Å².